The molecule has 11 bridgehead atoms. The molecule has 2 fully saturated rings. The van der Waals surface area contributed by atoms with E-state index in [4.69, 9.17) is 63.1 Å². The van der Waals surface area contributed by atoms with Crippen molar-refractivity contribution in [3.05, 3.63) is 117 Å². The van der Waals surface area contributed by atoms with Gasteiger partial charge in [0, 0.05) is 42.1 Å². The summed E-state index contributed by atoms with van der Waals surface area (Å²) in [5.41, 5.74) is 8.78. The summed E-state index contributed by atoms with van der Waals surface area (Å²) in [6.45, 7) is 9.37. The number of carbonyl (C=O) groups is 8. The molecule has 115 heavy (non-hydrogen) atoms. The van der Waals surface area contributed by atoms with Crippen LogP contribution in [0.15, 0.2) is 78.9 Å². The van der Waals surface area contributed by atoms with Crippen molar-refractivity contribution in [1.82, 2.24) is 42.5 Å². The van der Waals surface area contributed by atoms with Crippen LogP contribution in [0.3, 0.4) is 0 Å². The molecule has 0 spiro atoms. The van der Waals surface area contributed by atoms with Gasteiger partial charge in [0.15, 0.2) is 23.9 Å². The Morgan fingerprint density at radius 2 is 1.30 bits per heavy atom. The van der Waals surface area contributed by atoms with E-state index < -0.39 is 215 Å². The van der Waals surface area contributed by atoms with Gasteiger partial charge in [0.25, 0.3) is 0 Å². The van der Waals surface area contributed by atoms with Crippen LogP contribution in [-0.4, -0.2) is 224 Å². The first-order valence-electron chi connectivity index (χ1n) is 38.2. The van der Waals surface area contributed by atoms with Gasteiger partial charge in [-0.05, 0) is 128 Å². The molecule has 0 saturated carbocycles. The molecule has 21 N–H and O–H groups in total. The van der Waals surface area contributed by atoms with Gasteiger partial charge in [0.1, 0.15) is 95.5 Å². The summed E-state index contributed by atoms with van der Waals surface area (Å²) in [6.07, 6.45) is -11.5. The van der Waals surface area contributed by atoms with Crippen LogP contribution >= 0.6 is 23.2 Å². The largest absolute Gasteiger partial charge is 0.508 e. The first-order chi connectivity index (χ1) is 54.4. The zero-order chi connectivity index (χ0) is 83.8. The van der Waals surface area contributed by atoms with Crippen LogP contribution in [0.2, 0.25) is 10.0 Å². The van der Waals surface area contributed by atoms with Crippen LogP contribution in [-0.2, 0) is 52.6 Å². The number of nitrogens with zero attached hydrogens (tertiary/aromatic N) is 1. The molecule has 34 nitrogen and oxygen atoms in total. The van der Waals surface area contributed by atoms with Gasteiger partial charge in [0.2, 0.25) is 59.3 Å². The molecule has 0 aliphatic carbocycles. The van der Waals surface area contributed by atoms with Crippen molar-refractivity contribution in [3.8, 4) is 57.1 Å². The van der Waals surface area contributed by atoms with Crippen molar-refractivity contribution < 1.29 is 117 Å². The van der Waals surface area contributed by atoms with Crippen LogP contribution in [0.25, 0.3) is 11.1 Å². The Labute approximate surface area is 673 Å². The predicted octanol–water partition coefficient (Wildman–Crippen LogP) is 2.96. The number of likely N-dealkylation sites (N-methyl/N-ethyl adjacent to an activating group) is 1. The smallest absolute Gasteiger partial charge is 0.248 e. The molecule has 7 heterocycles. The number of phenols is 3. The molecule has 7 aliphatic rings. The average molecular weight is 1650 g/mol. The van der Waals surface area contributed by atoms with Crippen molar-refractivity contribution in [2.45, 2.75) is 208 Å². The van der Waals surface area contributed by atoms with E-state index in [0.717, 1.165) is 99.7 Å². The fourth-order valence-corrected chi connectivity index (χ4v) is 15.2. The SMILES string of the molecule is CCCCCCCC[N+](C)(C)CCCNC(=O)[C@H]1NC(=O)[C@H]2NC(=O)[C@H](NC(=O)[C@@H]3NC(=O)[C@H](CC(N)=O)NC(=O)[C@H](NC(=O)[C@@H](CC(C)C)NC)[C@H](O)c4ccc(c(Cl)c4)Oc4cc3cc(c4O[C@@H]3O[C@H](CO)[C@@H](O)[C@H](O)[C@H]3O[C@H]3C[C@](C)(N)[C@H](O)[C@H](C)O3)Oc3ccc(cc3Cl)[C@H]2O)c2ccc(O)c(c2)-c2c(O)cc(O)cc21. The second-order valence-electron chi connectivity index (χ2n) is 31.2. The topological polar surface area (TPSA) is 522 Å². The lowest BCUT2D eigenvalue weighted by Gasteiger charge is -2.47. The summed E-state index contributed by atoms with van der Waals surface area (Å²) in [4.78, 5) is 121. The molecule has 0 radical (unpaired) electrons. The Kier molecular flexibility index (Phi) is 29.0. The third-order valence-corrected chi connectivity index (χ3v) is 21.7. The summed E-state index contributed by atoms with van der Waals surface area (Å²) in [7, 11) is 5.62. The molecule has 0 aromatic heterocycles. The Morgan fingerprint density at radius 3 is 1.92 bits per heavy atom. The Bertz CT molecular complexity index is 4410. The van der Waals surface area contributed by atoms with Gasteiger partial charge in [-0.3, -0.25) is 38.4 Å². The van der Waals surface area contributed by atoms with Crippen LogP contribution in [0, 0.1) is 5.92 Å². The molecule has 0 unspecified atom stereocenters. The number of benzene rings is 5. The summed E-state index contributed by atoms with van der Waals surface area (Å²) in [5.74, 6) is -14.4. The van der Waals surface area contributed by atoms with Gasteiger partial charge in [-0.15, -0.1) is 0 Å². The standard InChI is InChI=1S/C79H103Cl2N11O23/c1-9-10-11-12-13-14-23-92(7,8)24-15-22-85-73(105)61-44-31-42(94)32-50(96)58(44)43-26-38(16-19-49(43)95)59-74(106)91-63(77(109)89-61)65(99)40-18-21-52(46(81)28-40)112-54-30-41-29-53(68(54)115-78-69(67(101)66(100)55(35-93)113-78)114-57-34-79(5,83)70(102)37(4)110-57)111-51-20-17-39(27-45(51)80)64(98)62(90-71(103)47(84-6)25-36(2)3)76(108)86-48(33-56(82)97)72(104)87-60(41)75(107)88-59/h16-21,26-32,36-37,47-48,55,57,59-67,69-70,78,84,93,98-102H,9-15,22-25,33-35,83H2,1-8H3,(H11-,82,85,86,87,88,89,90,91,94,95,96,97,103,104,105,106,107,108,109)/p+1/t37-,47+,48-,55+,57-,59+,60+,61-,62+,63-,64+,65+,66+,67-,69+,70+,78-,79-/m0/s1. The third kappa shape index (κ3) is 21.0. The second-order valence-corrected chi connectivity index (χ2v) is 32.0. The number of carbonyl (C=O) groups excluding carboxylic acids is 8. The quantitative estimate of drug-likeness (QED) is 0.0312. The normalized spacial score (nSPS) is 27.4. The molecule has 18 atom stereocenters. The van der Waals surface area contributed by atoms with Gasteiger partial charge >= 0.3 is 0 Å². The van der Waals surface area contributed by atoms with E-state index in [0.29, 0.717) is 17.4 Å². The predicted molar refractivity (Wildman–Crippen MR) is 415 cm³/mol. The molecule has 626 valence electrons. The Hall–Kier alpha value is -9.24. The van der Waals surface area contributed by atoms with Crippen molar-refractivity contribution in [2.75, 3.05) is 47.4 Å². The van der Waals surface area contributed by atoms with E-state index >= 15 is 19.2 Å². The van der Waals surface area contributed by atoms with Crippen molar-refractivity contribution in [2.24, 2.45) is 17.4 Å². The number of rotatable bonds is 24. The molecule has 8 amide bonds. The highest BCUT2D eigenvalue weighted by Gasteiger charge is 2.52. The first-order valence-corrected chi connectivity index (χ1v) is 39.0. The van der Waals surface area contributed by atoms with Crippen molar-refractivity contribution in [1.29, 1.82) is 0 Å². The summed E-state index contributed by atoms with van der Waals surface area (Å²) in [6, 6.07) is 0.678. The number of unbranched alkanes of at least 4 members (excludes halogenated alkanes) is 5. The zero-order valence-electron chi connectivity index (χ0n) is 64.9. The number of aliphatic hydroxyl groups excluding tert-OH is 6. The molecule has 36 heteroatoms. The lowest BCUT2D eigenvalue weighted by atomic mass is 9.86. The minimum Gasteiger partial charge on any atom is -0.508 e. The van der Waals surface area contributed by atoms with Gasteiger partial charge in [-0.2, -0.15) is 0 Å². The van der Waals surface area contributed by atoms with Crippen molar-refractivity contribution in [3.63, 3.8) is 0 Å². The van der Waals surface area contributed by atoms with Crippen LogP contribution in [0.1, 0.15) is 157 Å². The second kappa shape index (κ2) is 37.8. The minimum absolute atomic E-state index is 0.0363. The fraction of sp³-hybridized carbons (Fsp3) is 0.519. The van der Waals surface area contributed by atoms with E-state index in [2.05, 4.69) is 63.6 Å². The number of primary amides is 1. The number of quaternary nitrogens is 1. The highest BCUT2D eigenvalue weighted by Crippen LogP contribution is 2.50. The number of aromatic hydroxyl groups is 3. The zero-order valence-corrected chi connectivity index (χ0v) is 66.4. The molecule has 7 aliphatic heterocycles. The highest BCUT2D eigenvalue weighted by atomic mass is 35.5. The average Bonchev–Trinajstić information content (AvgIpc) is 0.765. The maximum absolute atomic E-state index is 16.3. The Balaban J connectivity index is 1.18. The highest BCUT2D eigenvalue weighted by molar-refractivity contribution is 6.32. The van der Waals surface area contributed by atoms with Gasteiger partial charge in [-0.25, -0.2) is 0 Å². The number of aliphatic hydroxyl groups is 6. The summed E-state index contributed by atoms with van der Waals surface area (Å²) in [5, 5.41) is 126. The monoisotopic (exact) mass is 1640 g/mol. The number of ether oxygens (including phenoxy) is 6. The number of fused-ring (bicyclic) bond motifs is 15. The number of phenolic OH excluding ortho intramolecular Hbond substituents is 3. The number of hydrogen-bond donors (Lipinski definition) is 19. The van der Waals surface area contributed by atoms with Gasteiger partial charge < -0.3 is 133 Å². The number of nitrogens with two attached hydrogens (primary N) is 2. The van der Waals surface area contributed by atoms with Crippen LogP contribution in [0.5, 0.6) is 46.0 Å². The maximum Gasteiger partial charge on any atom is 0.248 e. The van der Waals surface area contributed by atoms with Crippen molar-refractivity contribution >= 4 is 70.5 Å². The van der Waals surface area contributed by atoms with E-state index in [1.807, 2.05) is 13.8 Å². The summed E-state index contributed by atoms with van der Waals surface area (Å²) < 4.78 is 39.3. The number of halogens is 2. The molecule has 2 saturated heterocycles. The number of amides is 8. The lowest BCUT2D eigenvalue weighted by molar-refractivity contribution is -0.890. The fourth-order valence-electron chi connectivity index (χ4n) is 14.8. The van der Waals surface area contributed by atoms with Crippen LogP contribution < -0.4 is 68.2 Å². The van der Waals surface area contributed by atoms with Crippen LogP contribution in [0.4, 0.5) is 0 Å². The summed E-state index contributed by atoms with van der Waals surface area (Å²) >= 11 is 14.3. The first kappa shape index (κ1) is 88.1. The van der Waals surface area contributed by atoms with E-state index in [1.165, 1.54) is 45.2 Å². The molecule has 12 rings (SSSR count). The van der Waals surface area contributed by atoms with E-state index in [-0.39, 0.29) is 75.2 Å². The molecule has 5 aromatic carbocycles. The molecular weight excluding hydrogens is 1540 g/mol. The minimum atomic E-state index is -2.33. The lowest BCUT2D eigenvalue weighted by Crippen LogP contribution is -2.64. The maximum atomic E-state index is 16.3. The van der Waals surface area contributed by atoms with Gasteiger partial charge in [-0.1, -0.05) is 87.9 Å². The molecule has 5 aromatic rings. The molecular formula is C79H104Cl2N11O23+. The number of nitrogens with one attached hydrogen (secondary N) is 8. The number of hydrogen-bond acceptors (Lipinski definition) is 25. The third-order valence-electron chi connectivity index (χ3n) is 21.1. The van der Waals surface area contributed by atoms with E-state index in [9.17, 15) is 65.1 Å². The van der Waals surface area contributed by atoms with Gasteiger partial charge in [0.05, 0.1) is 68.5 Å². The Morgan fingerprint density at radius 1 is 0.696 bits per heavy atom. The van der Waals surface area contributed by atoms with E-state index in [1.54, 1.807) is 0 Å².